The van der Waals surface area contributed by atoms with Gasteiger partial charge in [-0.05, 0) is 56.3 Å². The Labute approximate surface area is 86.8 Å². The van der Waals surface area contributed by atoms with Crippen molar-refractivity contribution in [3.05, 3.63) is 11.6 Å². The molecule has 1 heteroatoms. The molecule has 4 unspecified atom stereocenters. The van der Waals surface area contributed by atoms with E-state index in [0.717, 1.165) is 17.8 Å². The highest BCUT2D eigenvalue weighted by molar-refractivity contribution is 5.14. The fraction of sp³-hybridized carbons (Fsp3) is 0.846. The quantitative estimate of drug-likeness (QED) is 0.634. The zero-order valence-corrected chi connectivity index (χ0v) is 8.91. The minimum Gasteiger partial charge on any atom is -0.327 e. The van der Waals surface area contributed by atoms with Crippen molar-refractivity contribution in [2.75, 3.05) is 0 Å². The number of rotatable bonds is 1. The third kappa shape index (κ3) is 1.52. The van der Waals surface area contributed by atoms with Gasteiger partial charge in [0, 0.05) is 6.04 Å². The van der Waals surface area contributed by atoms with Crippen LogP contribution in [0.1, 0.15) is 44.9 Å². The van der Waals surface area contributed by atoms with Gasteiger partial charge in [0.2, 0.25) is 0 Å². The second kappa shape index (κ2) is 3.37. The Bertz CT molecular complexity index is 256. The summed E-state index contributed by atoms with van der Waals surface area (Å²) >= 11 is 0. The van der Waals surface area contributed by atoms with Crippen molar-refractivity contribution in [1.82, 2.24) is 0 Å². The van der Waals surface area contributed by atoms with Crippen molar-refractivity contribution in [3.8, 4) is 0 Å². The maximum Gasteiger partial charge on any atom is 0.00791 e. The molecular formula is C13H21N. The maximum absolute atomic E-state index is 5.93. The third-order valence-corrected chi connectivity index (χ3v) is 4.60. The zero-order chi connectivity index (χ0) is 9.54. The number of hydrogen-bond acceptors (Lipinski definition) is 1. The smallest absolute Gasteiger partial charge is 0.00791 e. The van der Waals surface area contributed by atoms with Gasteiger partial charge >= 0.3 is 0 Å². The zero-order valence-electron chi connectivity index (χ0n) is 8.91. The predicted octanol–water partition coefficient (Wildman–Crippen LogP) is 2.86. The van der Waals surface area contributed by atoms with E-state index in [9.17, 15) is 0 Å². The highest BCUT2D eigenvalue weighted by Crippen LogP contribution is 2.49. The molecule has 3 rings (SSSR count). The minimum absolute atomic E-state index is 0.472. The summed E-state index contributed by atoms with van der Waals surface area (Å²) in [6.07, 6.45) is 12.4. The second-order valence-electron chi connectivity index (χ2n) is 5.67. The highest BCUT2D eigenvalue weighted by atomic mass is 14.6. The average Bonchev–Trinajstić information content (AvgIpc) is 2.82. The molecule has 0 radical (unpaired) electrons. The van der Waals surface area contributed by atoms with Crippen LogP contribution in [0.2, 0.25) is 0 Å². The number of allylic oxidation sites excluding steroid dienone is 1. The highest BCUT2D eigenvalue weighted by Gasteiger charge is 2.38. The van der Waals surface area contributed by atoms with E-state index in [1.54, 1.807) is 5.57 Å². The second-order valence-corrected chi connectivity index (χ2v) is 5.67. The maximum atomic E-state index is 5.93. The van der Waals surface area contributed by atoms with E-state index in [1.165, 1.54) is 44.9 Å². The Morgan fingerprint density at radius 2 is 2.07 bits per heavy atom. The standard InChI is InChI=1S/C13H21N/c14-13-4-2-10(8-13)7-12-6-9-1-3-11(12)5-9/h7,9,11-13H,1-6,8,14H2. The van der Waals surface area contributed by atoms with Crippen molar-refractivity contribution in [1.29, 1.82) is 0 Å². The predicted molar refractivity (Wildman–Crippen MR) is 58.8 cm³/mol. The van der Waals surface area contributed by atoms with Crippen molar-refractivity contribution in [3.63, 3.8) is 0 Å². The molecular weight excluding hydrogens is 170 g/mol. The van der Waals surface area contributed by atoms with Gasteiger partial charge in [-0.2, -0.15) is 0 Å². The van der Waals surface area contributed by atoms with Gasteiger partial charge in [-0.3, -0.25) is 0 Å². The first-order valence-electron chi connectivity index (χ1n) is 6.26. The minimum atomic E-state index is 0.472. The van der Waals surface area contributed by atoms with E-state index in [0.29, 0.717) is 6.04 Å². The summed E-state index contributed by atoms with van der Waals surface area (Å²) in [6, 6.07) is 0.472. The van der Waals surface area contributed by atoms with Crippen LogP contribution in [-0.4, -0.2) is 6.04 Å². The SMILES string of the molecule is NC1CCC(=CC2CC3CCC2C3)C1. The topological polar surface area (TPSA) is 26.0 Å². The molecule has 0 aromatic rings. The van der Waals surface area contributed by atoms with Crippen LogP contribution in [0.5, 0.6) is 0 Å². The fourth-order valence-electron chi connectivity index (χ4n) is 3.86. The molecule has 0 saturated heterocycles. The molecule has 3 aliphatic rings. The molecule has 3 aliphatic carbocycles. The number of hydrogen-bond donors (Lipinski definition) is 1. The molecule has 1 nitrogen and oxygen atoms in total. The molecule has 0 aliphatic heterocycles. The van der Waals surface area contributed by atoms with Crippen molar-refractivity contribution >= 4 is 0 Å². The lowest BCUT2D eigenvalue weighted by Gasteiger charge is -2.18. The van der Waals surface area contributed by atoms with E-state index in [2.05, 4.69) is 6.08 Å². The van der Waals surface area contributed by atoms with E-state index >= 15 is 0 Å². The van der Waals surface area contributed by atoms with Crippen LogP contribution < -0.4 is 5.73 Å². The van der Waals surface area contributed by atoms with E-state index in [1.807, 2.05) is 0 Å². The number of nitrogens with two attached hydrogens (primary N) is 1. The Morgan fingerprint density at radius 3 is 2.64 bits per heavy atom. The summed E-state index contributed by atoms with van der Waals surface area (Å²) in [6.45, 7) is 0. The van der Waals surface area contributed by atoms with E-state index in [4.69, 9.17) is 5.73 Å². The van der Waals surface area contributed by atoms with Gasteiger partial charge in [-0.15, -0.1) is 0 Å². The molecule has 0 heterocycles. The van der Waals surface area contributed by atoms with Gasteiger partial charge < -0.3 is 5.73 Å². The lowest BCUT2D eigenvalue weighted by molar-refractivity contribution is 0.392. The first kappa shape index (κ1) is 8.96. The van der Waals surface area contributed by atoms with Crippen molar-refractivity contribution < 1.29 is 0 Å². The fourth-order valence-corrected chi connectivity index (χ4v) is 3.86. The van der Waals surface area contributed by atoms with Crippen LogP contribution >= 0.6 is 0 Å². The van der Waals surface area contributed by atoms with Gasteiger partial charge in [-0.25, -0.2) is 0 Å². The molecule has 0 spiro atoms. The van der Waals surface area contributed by atoms with E-state index in [-0.39, 0.29) is 0 Å². The van der Waals surface area contributed by atoms with Crippen molar-refractivity contribution in [2.45, 2.75) is 51.0 Å². The molecule has 14 heavy (non-hydrogen) atoms. The van der Waals surface area contributed by atoms with Gasteiger partial charge in [0.15, 0.2) is 0 Å². The summed E-state index contributed by atoms with van der Waals surface area (Å²) in [5, 5.41) is 0. The van der Waals surface area contributed by atoms with Crippen LogP contribution in [0.3, 0.4) is 0 Å². The molecule has 3 fully saturated rings. The van der Waals surface area contributed by atoms with Gasteiger partial charge in [-0.1, -0.05) is 18.1 Å². The first-order chi connectivity index (χ1) is 6.81. The van der Waals surface area contributed by atoms with Gasteiger partial charge in [0.1, 0.15) is 0 Å². The Morgan fingerprint density at radius 1 is 1.14 bits per heavy atom. The van der Waals surface area contributed by atoms with Crippen LogP contribution in [-0.2, 0) is 0 Å². The van der Waals surface area contributed by atoms with Gasteiger partial charge in [0.25, 0.3) is 0 Å². The molecule has 78 valence electrons. The first-order valence-corrected chi connectivity index (χ1v) is 6.26. The van der Waals surface area contributed by atoms with Gasteiger partial charge in [0.05, 0.1) is 0 Å². The Balaban J connectivity index is 1.67. The Kier molecular flexibility index (Phi) is 2.16. The summed E-state index contributed by atoms with van der Waals surface area (Å²) < 4.78 is 0. The molecule has 0 aromatic heterocycles. The summed E-state index contributed by atoms with van der Waals surface area (Å²) in [7, 11) is 0. The normalized spacial score (nSPS) is 49.4. The van der Waals surface area contributed by atoms with E-state index < -0.39 is 0 Å². The Hall–Kier alpha value is -0.300. The third-order valence-electron chi connectivity index (χ3n) is 4.60. The van der Waals surface area contributed by atoms with Crippen LogP contribution in [0.25, 0.3) is 0 Å². The summed E-state index contributed by atoms with van der Waals surface area (Å²) in [5.74, 6) is 3.07. The van der Waals surface area contributed by atoms with Crippen LogP contribution in [0, 0.1) is 17.8 Å². The van der Waals surface area contributed by atoms with Crippen LogP contribution in [0.4, 0.5) is 0 Å². The number of fused-ring (bicyclic) bond motifs is 2. The molecule has 0 amide bonds. The lowest BCUT2D eigenvalue weighted by atomic mass is 9.87. The molecule has 2 N–H and O–H groups in total. The molecule has 0 aromatic carbocycles. The largest absolute Gasteiger partial charge is 0.327 e. The average molecular weight is 191 g/mol. The monoisotopic (exact) mass is 191 g/mol. The molecule has 4 atom stereocenters. The molecule has 2 bridgehead atoms. The molecule has 3 saturated carbocycles. The van der Waals surface area contributed by atoms with Crippen molar-refractivity contribution in [2.24, 2.45) is 23.5 Å². The van der Waals surface area contributed by atoms with Crippen LogP contribution in [0.15, 0.2) is 11.6 Å². The lowest BCUT2D eigenvalue weighted by Crippen LogP contribution is -2.13. The summed E-state index contributed by atoms with van der Waals surface area (Å²) in [4.78, 5) is 0. The summed E-state index contributed by atoms with van der Waals surface area (Å²) in [5.41, 5.74) is 7.61.